The van der Waals surface area contributed by atoms with Gasteiger partial charge in [0.05, 0.1) is 23.8 Å². The highest BCUT2D eigenvalue weighted by atomic mass is 19.1. The number of imidazole rings is 1. The molecule has 0 saturated carbocycles. The Morgan fingerprint density at radius 1 is 1.43 bits per heavy atom. The van der Waals surface area contributed by atoms with Crippen molar-refractivity contribution in [2.24, 2.45) is 0 Å². The minimum Gasteiger partial charge on any atom is -0.345 e. The first kappa shape index (κ1) is 8.62. The summed E-state index contributed by atoms with van der Waals surface area (Å²) >= 11 is 0. The van der Waals surface area contributed by atoms with Crippen LogP contribution < -0.4 is 0 Å². The third-order valence-corrected chi connectivity index (χ3v) is 1.94. The summed E-state index contributed by atoms with van der Waals surface area (Å²) in [7, 11) is 0. The summed E-state index contributed by atoms with van der Waals surface area (Å²) in [5.74, 6) is -0.521. The Labute approximate surface area is 79.6 Å². The van der Waals surface area contributed by atoms with Gasteiger partial charge < -0.3 is 4.98 Å². The lowest BCUT2D eigenvalue weighted by atomic mass is 10.1. The smallest absolute Gasteiger partial charge is 0.152 e. The maximum absolute atomic E-state index is 13.2. The summed E-state index contributed by atoms with van der Waals surface area (Å²) in [5, 5.41) is 0. The quantitative estimate of drug-likeness (QED) is 0.736. The van der Waals surface area contributed by atoms with Gasteiger partial charge in [-0.05, 0) is 12.1 Å². The van der Waals surface area contributed by atoms with E-state index in [9.17, 15) is 9.18 Å². The molecular formula is C10H7FN2O. The van der Waals surface area contributed by atoms with Gasteiger partial charge in [-0.2, -0.15) is 0 Å². The first-order chi connectivity index (χ1) is 6.81. The number of aromatic amines is 1. The number of aromatic nitrogens is 2. The van der Waals surface area contributed by atoms with Crippen LogP contribution in [0.4, 0.5) is 4.39 Å². The number of carbonyl (C=O) groups is 1. The maximum atomic E-state index is 13.2. The number of nitrogens with zero attached hydrogens (tertiary/aromatic N) is 1. The molecule has 0 radical (unpaired) electrons. The van der Waals surface area contributed by atoms with E-state index in [0.717, 1.165) is 5.69 Å². The first-order valence-corrected chi connectivity index (χ1v) is 4.05. The Kier molecular flexibility index (Phi) is 2.10. The highest BCUT2D eigenvalue weighted by molar-refractivity contribution is 5.76. The molecule has 3 nitrogen and oxygen atoms in total. The van der Waals surface area contributed by atoms with Crippen LogP contribution in [0.5, 0.6) is 0 Å². The van der Waals surface area contributed by atoms with E-state index < -0.39 is 5.82 Å². The van der Waals surface area contributed by atoms with Crippen molar-refractivity contribution >= 4 is 6.29 Å². The Morgan fingerprint density at radius 2 is 2.29 bits per heavy atom. The second kappa shape index (κ2) is 3.41. The molecule has 70 valence electrons. The molecule has 0 spiro atoms. The van der Waals surface area contributed by atoms with Crippen LogP contribution in [0.2, 0.25) is 0 Å². The summed E-state index contributed by atoms with van der Waals surface area (Å²) in [6.45, 7) is 0. The third-order valence-electron chi connectivity index (χ3n) is 1.94. The molecule has 0 amide bonds. The molecule has 1 aromatic carbocycles. The van der Waals surface area contributed by atoms with E-state index in [1.807, 2.05) is 0 Å². The van der Waals surface area contributed by atoms with Gasteiger partial charge in [0.15, 0.2) is 6.29 Å². The maximum Gasteiger partial charge on any atom is 0.152 e. The molecule has 0 aliphatic rings. The fourth-order valence-electron chi connectivity index (χ4n) is 1.20. The van der Waals surface area contributed by atoms with E-state index >= 15 is 0 Å². The van der Waals surface area contributed by atoms with Crippen molar-refractivity contribution in [2.45, 2.75) is 0 Å². The lowest BCUT2D eigenvalue weighted by Gasteiger charge is -1.99. The van der Waals surface area contributed by atoms with E-state index in [-0.39, 0.29) is 5.56 Å². The van der Waals surface area contributed by atoms with Crippen molar-refractivity contribution in [3.05, 3.63) is 42.1 Å². The fraction of sp³-hybridized carbons (Fsp3) is 0. The number of nitrogens with one attached hydrogen (secondary N) is 1. The average Bonchev–Trinajstić information content (AvgIpc) is 2.70. The number of aldehydes is 1. The lowest BCUT2D eigenvalue weighted by molar-refractivity contribution is 0.112. The molecule has 0 aliphatic carbocycles. The van der Waals surface area contributed by atoms with Crippen LogP contribution in [0.25, 0.3) is 11.3 Å². The summed E-state index contributed by atoms with van der Waals surface area (Å²) in [6.07, 6.45) is 3.60. The Hall–Kier alpha value is -1.97. The average molecular weight is 190 g/mol. The van der Waals surface area contributed by atoms with Crippen LogP contribution >= 0.6 is 0 Å². The molecular weight excluding hydrogens is 183 g/mol. The molecule has 2 aromatic rings. The van der Waals surface area contributed by atoms with Crippen LogP contribution in [0, 0.1) is 5.82 Å². The van der Waals surface area contributed by atoms with E-state index in [1.54, 1.807) is 12.3 Å². The van der Waals surface area contributed by atoms with Gasteiger partial charge in [-0.1, -0.05) is 6.07 Å². The largest absolute Gasteiger partial charge is 0.345 e. The number of carbonyl (C=O) groups excluding carboxylic acids is 1. The zero-order valence-corrected chi connectivity index (χ0v) is 7.20. The molecule has 2 rings (SSSR count). The molecule has 0 bridgehead atoms. The molecule has 4 heteroatoms. The van der Waals surface area contributed by atoms with Crippen molar-refractivity contribution in [2.75, 3.05) is 0 Å². The topological polar surface area (TPSA) is 45.8 Å². The minimum atomic E-state index is -0.521. The van der Waals surface area contributed by atoms with Crippen LogP contribution in [-0.2, 0) is 0 Å². The lowest BCUT2D eigenvalue weighted by Crippen LogP contribution is -1.88. The van der Waals surface area contributed by atoms with Crippen LogP contribution in [-0.4, -0.2) is 16.3 Å². The number of hydrogen-bond acceptors (Lipinski definition) is 2. The Morgan fingerprint density at radius 3 is 2.86 bits per heavy atom. The predicted octanol–water partition coefficient (Wildman–Crippen LogP) is 2.03. The normalized spacial score (nSPS) is 10.1. The fourth-order valence-corrected chi connectivity index (χ4v) is 1.20. The predicted molar refractivity (Wildman–Crippen MR) is 49.4 cm³/mol. The van der Waals surface area contributed by atoms with Gasteiger partial charge in [-0.15, -0.1) is 0 Å². The van der Waals surface area contributed by atoms with Crippen molar-refractivity contribution < 1.29 is 9.18 Å². The van der Waals surface area contributed by atoms with Crippen LogP contribution in [0.1, 0.15) is 10.4 Å². The van der Waals surface area contributed by atoms with Gasteiger partial charge in [0.2, 0.25) is 0 Å². The number of hydrogen-bond donors (Lipinski definition) is 1. The first-order valence-electron chi connectivity index (χ1n) is 4.05. The molecule has 1 heterocycles. The summed E-state index contributed by atoms with van der Waals surface area (Å²) in [4.78, 5) is 17.0. The molecule has 0 fully saturated rings. The molecule has 0 unspecified atom stereocenters. The Bertz CT molecular complexity index is 451. The second-order valence-corrected chi connectivity index (χ2v) is 2.82. The number of halogens is 1. The van der Waals surface area contributed by atoms with E-state index in [2.05, 4.69) is 9.97 Å². The second-order valence-electron chi connectivity index (χ2n) is 2.82. The molecule has 1 aromatic heterocycles. The number of H-pyrrole nitrogens is 1. The summed E-state index contributed by atoms with van der Waals surface area (Å²) in [6, 6.07) is 4.41. The SMILES string of the molecule is O=Cc1ccc(-c2cnc[nH]2)cc1F. The molecule has 0 atom stereocenters. The number of rotatable bonds is 2. The number of benzene rings is 1. The van der Waals surface area contributed by atoms with Crippen molar-refractivity contribution in [3.8, 4) is 11.3 Å². The standard InChI is InChI=1S/C10H7FN2O/c11-9-3-7(1-2-8(9)5-14)10-4-12-6-13-10/h1-6H,(H,12,13). The molecule has 0 aliphatic heterocycles. The van der Waals surface area contributed by atoms with E-state index in [4.69, 9.17) is 0 Å². The van der Waals surface area contributed by atoms with E-state index in [0.29, 0.717) is 11.8 Å². The highest BCUT2D eigenvalue weighted by Crippen LogP contribution is 2.18. The molecule has 0 saturated heterocycles. The van der Waals surface area contributed by atoms with Gasteiger partial charge in [-0.3, -0.25) is 4.79 Å². The molecule has 1 N–H and O–H groups in total. The van der Waals surface area contributed by atoms with Crippen molar-refractivity contribution in [3.63, 3.8) is 0 Å². The minimum absolute atomic E-state index is 0.0632. The monoisotopic (exact) mass is 190 g/mol. The third kappa shape index (κ3) is 1.42. The van der Waals surface area contributed by atoms with Gasteiger partial charge in [0.25, 0.3) is 0 Å². The van der Waals surface area contributed by atoms with Crippen LogP contribution in [0.15, 0.2) is 30.7 Å². The summed E-state index contributed by atoms with van der Waals surface area (Å²) in [5.41, 5.74) is 1.46. The van der Waals surface area contributed by atoms with Crippen molar-refractivity contribution in [1.82, 2.24) is 9.97 Å². The van der Waals surface area contributed by atoms with Crippen LogP contribution in [0.3, 0.4) is 0 Å². The van der Waals surface area contributed by atoms with Gasteiger partial charge >= 0.3 is 0 Å². The zero-order chi connectivity index (χ0) is 9.97. The van der Waals surface area contributed by atoms with Crippen molar-refractivity contribution in [1.29, 1.82) is 0 Å². The molecule has 14 heavy (non-hydrogen) atoms. The highest BCUT2D eigenvalue weighted by Gasteiger charge is 2.04. The van der Waals surface area contributed by atoms with Gasteiger partial charge in [-0.25, -0.2) is 9.37 Å². The van der Waals surface area contributed by atoms with Gasteiger partial charge in [0.1, 0.15) is 5.82 Å². The van der Waals surface area contributed by atoms with Gasteiger partial charge in [0, 0.05) is 5.56 Å². The Balaban J connectivity index is 2.48. The summed E-state index contributed by atoms with van der Waals surface area (Å²) < 4.78 is 13.2. The zero-order valence-electron chi connectivity index (χ0n) is 7.20. The van der Waals surface area contributed by atoms with E-state index in [1.165, 1.54) is 18.5 Å².